The van der Waals surface area contributed by atoms with Gasteiger partial charge in [-0.05, 0) is 55.7 Å². The zero-order valence-corrected chi connectivity index (χ0v) is 18.6. The van der Waals surface area contributed by atoms with Gasteiger partial charge in [0.1, 0.15) is 5.82 Å². The molecule has 1 saturated heterocycles. The number of benzene rings is 1. The van der Waals surface area contributed by atoms with Crippen LogP contribution in [0.3, 0.4) is 0 Å². The molecule has 3 aromatic rings. The van der Waals surface area contributed by atoms with E-state index in [0.717, 1.165) is 17.5 Å². The van der Waals surface area contributed by atoms with Crippen LogP contribution in [0.5, 0.6) is 0 Å². The summed E-state index contributed by atoms with van der Waals surface area (Å²) in [5.74, 6) is 0.128. The fraction of sp³-hybridized carbons (Fsp3) is 0.333. The monoisotopic (exact) mass is 434 g/mol. The minimum atomic E-state index is -0.790. The topological polar surface area (TPSA) is 89.2 Å². The van der Waals surface area contributed by atoms with E-state index in [1.54, 1.807) is 29.4 Å². The van der Waals surface area contributed by atoms with E-state index >= 15 is 0 Å². The van der Waals surface area contributed by atoms with Crippen molar-refractivity contribution in [3.63, 3.8) is 0 Å². The van der Waals surface area contributed by atoms with Gasteiger partial charge in [-0.2, -0.15) is 0 Å². The van der Waals surface area contributed by atoms with Gasteiger partial charge in [0.05, 0.1) is 16.7 Å². The molecule has 2 amide bonds. The number of likely N-dealkylation sites (tertiary alicyclic amines) is 1. The van der Waals surface area contributed by atoms with Gasteiger partial charge >= 0.3 is 0 Å². The molecule has 1 fully saturated rings. The number of piperidine rings is 1. The smallest absolute Gasteiger partial charge is 0.257 e. The van der Waals surface area contributed by atoms with E-state index in [-0.39, 0.29) is 11.8 Å². The van der Waals surface area contributed by atoms with Crippen molar-refractivity contribution < 1.29 is 9.59 Å². The first-order valence-corrected chi connectivity index (χ1v) is 11.3. The zero-order chi connectivity index (χ0) is 22.0. The zero-order valence-electron chi connectivity index (χ0n) is 17.8. The highest BCUT2D eigenvalue weighted by Gasteiger charge is 2.42. The Hall–Kier alpha value is -3.06. The quantitative estimate of drug-likeness (QED) is 0.662. The number of nitrogens with zero attached hydrogens (tertiary/aromatic N) is 3. The molecule has 1 aromatic carbocycles. The number of thiophene rings is 1. The summed E-state index contributed by atoms with van der Waals surface area (Å²) in [5, 5.41) is 2.05. The molecule has 0 radical (unpaired) electrons. The van der Waals surface area contributed by atoms with Crippen molar-refractivity contribution in [3.05, 3.63) is 70.6 Å². The standard InChI is InChI=1S/C24H26N4O2S/c1-16-20(14-26-17(2)27-16)22(29)28-10-5-9-24(15-28,23(25)30)13-18-6-3-7-19(12-18)21-8-4-11-31-21/h3-4,6-8,11-12,14H,5,9-10,13,15H2,1-2H3,(H2,25,30)/t24-/m1/s1. The molecule has 0 spiro atoms. The van der Waals surface area contributed by atoms with Gasteiger partial charge in [0.25, 0.3) is 5.91 Å². The molecule has 2 aromatic heterocycles. The molecular formula is C24H26N4O2S. The van der Waals surface area contributed by atoms with Crippen LogP contribution in [0.2, 0.25) is 0 Å². The van der Waals surface area contributed by atoms with Gasteiger partial charge in [-0.25, -0.2) is 9.97 Å². The number of aryl methyl sites for hydroxylation is 2. The lowest BCUT2D eigenvalue weighted by Gasteiger charge is -2.41. The lowest BCUT2D eigenvalue weighted by Crippen LogP contribution is -2.53. The van der Waals surface area contributed by atoms with Crippen molar-refractivity contribution in [2.24, 2.45) is 11.1 Å². The van der Waals surface area contributed by atoms with Crippen LogP contribution in [0.25, 0.3) is 10.4 Å². The molecular weight excluding hydrogens is 408 g/mol. The van der Waals surface area contributed by atoms with Crippen LogP contribution < -0.4 is 5.73 Å². The number of primary amides is 1. The molecule has 0 saturated carbocycles. The number of hydrogen-bond acceptors (Lipinski definition) is 5. The van der Waals surface area contributed by atoms with Gasteiger partial charge in [0.2, 0.25) is 5.91 Å². The maximum atomic E-state index is 13.2. The number of hydrogen-bond donors (Lipinski definition) is 1. The van der Waals surface area contributed by atoms with E-state index in [4.69, 9.17) is 5.73 Å². The summed E-state index contributed by atoms with van der Waals surface area (Å²) in [6, 6.07) is 12.3. The third-order valence-electron chi connectivity index (χ3n) is 5.99. The average Bonchev–Trinajstić information content (AvgIpc) is 3.29. The molecule has 160 valence electrons. The van der Waals surface area contributed by atoms with Crippen LogP contribution in [0.15, 0.2) is 48.0 Å². The summed E-state index contributed by atoms with van der Waals surface area (Å²) in [6.45, 7) is 4.50. The molecule has 0 unspecified atom stereocenters. The maximum Gasteiger partial charge on any atom is 0.257 e. The van der Waals surface area contributed by atoms with Crippen LogP contribution in [-0.2, 0) is 11.2 Å². The molecule has 6 nitrogen and oxygen atoms in total. The summed E-state index contributed by atoms with van der Waals surface area (Å²) in [4.78, 5) is 37.3. The molecule has 1 aliphatic rings. The maximum absolute atomic E-state index is 13.2. The van der Waals surface area contributed by atoms with Gasteiger partial charge in [-0.1, -0.05) is 30.3 Å². The first kappa shape index (κ1) is 21.2. The minimum Gasteiger partial charge on any atom is -0.369 e. The number of carbonyl (C=O) groups excluding carboxylic acids is 2. The Morgan fingerprint density at radius 2 is 2.06 bits per heavy atom. The third-order valence-corrected chi connectivity index (χ3v) is 6.91. The molecule has 1 atom stereocenters. The van der Waals surface area contributed by atoms with Gasteiger partial charge in [-0.15, -0.1) is 11.3 Å². The second-order valence-corrected chi connectivity index (χ2v) is 9.19. The van der Waals surface area contributed by atoms with Crippen molar-refractivity contribution in [1.29, 1.82) is 0 Å². The molecule has 3 heterocycles. The van der Waals surface area contributed by atoms with Gasteiger partial charge in [-0.3, -0.25) is 9.59 Å². The Balaban J connectivity index is 1.60. The molecule has 2 N–H and O–H groups in total. The Morgan fingerprint density at radius 1 is 1.23 bits per heavy atom. The lowest BCUT2D eigenvalue weighted by atomic mass is 9.74. The Kier molecular flexibility index (Phi) is 5.87. The summed E-state index contributed by atoms with van der Waals surface area (Å²) < 4.78 is 0. The summed E-state index contributed by atoms with van der Waals surface area (Å²) >= 11 is 1.68. The molecule has 1 aliphatic heterocycles. The Labute approximate surface area is 186 Å². The predicted molar refractivity (Wildman–Crippen MR) is 122 cm³/mol. The minimum absolute atomic E-state index is 0.143. The molecule has 0 bridgehead atoms. The van der Waals surface area contributed by atoms with E-state index in [2.05, 4.69) is 28.2 Å². The normalized spacial score (nSPS) is 18.7. The van der Waals surface area contributed by atoms with Crippen LogP contribution in [-0.4, -0.2) is 39.8 Å². The van der Waals surface area contributed by atoms with Gasteiger partial charge in [0, 0.05) is 24.2 Å². The Bertz CT molecular complexity index is 1110. The SMILES string of the molecule is Cc1ncc(C(=O)N2CCC[C@](Cc3cccc(-c4cccs4)c3)(C(N)=O)C2)c(C)n1. The Morgan fingerprint density at radius 3 is 2.77 bits per heavy atom. The lowest BCUT2D eigenvalue weighted by molar-refractivity contribution is -0.130. The second kappa shape index (κ2) is 8.59. The van der Waals surface area contributed by atoms with Crippen molar-refractivity contribution in [3.8, 4) is 10.4 Å². The number of carbonyl (C=O) groups is 2. The van der Waals surface area contributed by atoms with Crippen molar-refractivity contribution in [1.82, 2.24) is 14.9 Å². The predicted octanol–water partition coefficient (Wildman–Crippen LogP) is 3.77. The number of rotatable bonds is 5. The third kappa shape index (κ3) is 4.37. The second-order valence-electron chi connectivity index (χ2n) is 8.25. The largest absolute Gasteiger partial charge is 0.369 e. The summed E-state index contributed by atoms with van der Waals surface area (Å²) in [6.07, 6.45) is 3.48. The first-order valence-electron chi connectivity index (χ1n) is 10.4. The molecule has 0 aliphatic carbocycles. The molecule has 4 rings (SSSR count). The van der Waals surface area contributed by atoms with E-state index < -0.39 is 5.41 Å². The molecule has 31 heavy (non-hydrogen) atoms. The van der Waals surface area contributed by atoms with E-state index in [0.29, 0.717) is 43.0 Å². The van der Waals surface area contributed by atoms with Crippen molar-refractivity contribution >= 4 is 23.2 Å². The van der Waals surface area contributed by atoms with Crippen LogP contribution >= 0.6 is 11.3 Å². The number of nitrogens with two attached hydrogens (primary N) is 1. The summed E-state index contributed by atoms with van der Waals surface area (Å²) in [5.41, 5.74) is 8.45. The first-order chi connectivity index (χ1) is 14.9. The van der Waals surface area contributed by atoms with Crippen LogP contribution in [0.1, 0.15) is 40.3 Å². The van der Waals surface area contributed by atoms with E-state index in [1.807, 2.05) is 30.5 Å². The summed E-state index contributed by atoms with van der Waals surface area (Å²) in [7, 11) is 0. The van der Waals surface area contributed by atoms with Gasteiger partial charge < -0.3 is 10.6 Å². The van der Waals surface area contributed by atoms with Crippen molar-refractivity contribution in [2.45, 2.75) is 33.1 Å². The van der Waals surface area contributed by atoms with E-state index in [9.17, 15) is 9.59 Å². The highest BCUT2D eigenvalue weighted by molar-refractivity contribution is 7.13. The number of amides is 2. The highest BCUT2D eigenvalue weighted by Crippen LogP contribution is 2.35. The van der Waals surface area contributed by atoms with Crippen molar-refractivity contribution in [2.75, 3.05) is 13.1 Å². The fourth-order valence-corrected chi connectivity index (χ4v) is 5.09. The van der Waals surface area contributed by atoms with E-state index in [1.165, 1.54) is 4.88 Å². The highest BCUT2D eigenvalue weighted by atomic mass is 32.1. The van der Waals surface area contributed by atoms with Crippen LogP contribution in [0.4, 0.5) is 0 Å². The average molecular weight is 435 g/mol. The fourth-order valence-electron chi connectivity index (χ4n) is 4.37. The molecule has 7 heteroatoms. The van der Waals surface area contributed by atoms with Crippen LogP contribution in [0, 0.1) is 19.3 Å². The van der Waals surface area contributed by atoms with Gasteiger partial charge in [0.15, 0.2) is 0 Å². The number of aromatic nitrogens is 2.